The third-order valence-electron chi connectivity index (χ3n) is 4.34. The molecule has 1 amide bonds. The topological polar surface area (TPSA) is 105 Å². The Morgan fingerprint density at radius 1 is 1.07 bits per heavy atom. The molecule has 0 bridgehead atoms. The van der Waals surface area contributed by atoms with Gasteiger partial charge in [-0.2, -0.15) is 8.78 Å². The highest BCUT2D eigenvalue weighted by Gasteiger charge is 2.26. The van der Waals surface area contributed by atoms with Gasteiger partial charge >= 0.3 is 11.7 Å². The Morgan fingerprint density at radius 3 is 2.47 bits per heavy atom. The van der Waals surface area contributed by atoms with E-state index in [1.54, 1.807) is 0 Å². The van der Waals surface area contributed by atoms with E-state index in [1.165, 1.54) is 12.1 Å². The van der Waals surface area contributed by atoms with Gasteiger partial charge in [-0.05, 0) is 42.3 Å². The number of esters is 1. The van der Waals surface area contributed by atoms with E-state index in [0.29, 0.717) is 6.42 Å². The molecule has 30 heavy (non-hydrogen) atoms. The van der Waals surface area contributed by atoms with E-state index >= 15 is 0 Å². The second kappa shape index (κ2) is 9.04. The zero-order valence-electron chi connectivity index (χ0n) is 15.6. The number of rotatable bonds is 8. The molecule has 0 saturated heterocycles. The summed E-state index contributed by atoms with van der Waals surface area (Å²) < 4.78 is 52.7. The number of benzene rings is 2. The van der Waals surface area contributed by atoms with E-state index < -0.39 is 39.0 Å². The van der Waals surface area contributed by atoms with Crippen molar-refractivity contribution >= 4 is 38.3 Å². The van der Waals surface area contributed by atoms with Crippen LogP contribution in [0.3, 0.4) is 0 Å². The van der Waals surface area contributed by atoms with Crippen molar-refractivity contribution in [2.24, 2.45) is 0 Å². The Bertz CT molecular complexity index is 1160. The zero-order chi connectivity index (χ0) is 21.7. The Labute approximate surface area is 171 Å². The van der Waals surface area contributed by atoms with Crippen molar-refractivity contribution in [2.45, 2.75) is 23.5 Å². The summed E-state index contributed by atoms with van der Waals surface area (Å²) >= 11 is 0. The molecule has 0 aliphatic heterocycles. The minimum Gasteiger partial charge on any atom is -0.456 e. The van der Waals surface area contributed by atoms with Gasteiger partial charge in [-0.1, -0.05) is 18.2 Å². The SMILES string of the molecule is O=C(COC(=O)CCc1c[nH]c2ccccc12)Nc1ccc(S(=O)(=O)C(F)F)cc1. The van der Waals surface area contributed by atoms with Gasteiger partial charge in [-0.3, -0.25) is 9.59 Å². The number of alkyl halides is 2. The molecule has 0 radical (unpaired) electrons. The summed E-state index contributed by atoms with van der Waals surface area (Å²) in [6.45, 7) is -0.524. The van der Waals surface area contributed by atoms with E-state index in [-0.39, 0.29) is 12.1 Å². The predicted molar refractivity (Wildman–Crippen MR) is 106 cm³/mol. The van der Waals surface area contributed by atoms with E-state index in [9.17, 15) is 26.8 Å². The summed E-state index contributed by atoms with van der Waals surface area (Å²) in [6.07, 6.45) is 2.36. The molecule has 7 nitrogen and oxygen atoms in total. The number of amides is 1. The van der Waals surface area contributed by atoms with E-state index in [4.69, 9.17) is 4.74 Å². The van der Waals surface area contributed by atoms with Crippen molar-refractivity contribution in [3.63, 3.8) is 0 Å². The molecule has 3 rings (SSSR count). The molecule has 0 fully saturated rings. The number of aromatic amines is 1. The van der Waals surface area contributed by atoms with Gasteiger partial charge in [0.25, 0.3) is 5.91 Å². The second-order valence-electron chi connectivity index (χ2n) is 6.40. The molecule has 158 valence electrons. The molecule has 0 aliphatic rings. The second-order valence-corrected chi connectivity index (χ2v) is 8.32. The van der Waals surface area contributed by atoms with Crippen LogP contribution in [0.1, 0.15) is 12.0 Å². The molecule has 10 heteroatoms. The van der Waals surface area contributed by atoms with Crippen LogP contribution in [-0.4, -0.2) is 37.6 Å². The number of H-pyrrole nitrogens is 1. The summed E-state index contributed by atoms with van der Waals surface area (Å²) in [4.78, 5) is 26.3. The van der Waals surface area contributed by atoms with Crippen LogP contribution >= 0.6 is 0 Å². The van der Waals surface area contributed by atoms with E-state index in [0.717, 1.165) is 28.6 Å². The fourth-order valence-electron chi connectivity index (χ4n) is 2.82. The highest BCUT2D eigenvalue weighted by molar-refractivity contribution is 7.91. The number of carbonyl (C=O) groups excluding carboxylic acids is 2. The van der Waals surface area contributed by atoms with Crippen molar-refractivity contribution in [3.05, 3.63) is 60.3 Å². The van der Waals surface area contributed by atoms with E-state index in [1.807, 2.05) is 30.5 Å². The number of aryl methyl sites for hydroxylation is 1. The fraction of sp³-hybridized carbons (Fsp3) is 0.200. The minimum absolute atomic E-state index is 0.0926. The Morgan fingerprint density at radius 2 is 1.77 bits per heavy atom. The lowest BCUT2D eigenvalue weighted by Gasteiger charge is -2.08. The molecule has 0 spiro atoms. The molecular weight excluding hydrogens is 418 g/mol. The number of fused-ring (bicyclic) bond motifs is 1. The number of halogens is 2. The summed E-state index contributed by atoms with van der Waals surface area (Å²) in [6, 6.07) is 11.9. The monoisotopic (exact) mass is 436 g/mol. The largest absolute Gasteiger partial charge is 0.456 e. The van der Waals surface area contributed by atoms with E-state index in [2.05, 4.69) is 10.3 Å². The van der Waals surface area contributed by atoms with Crippen molar-refractivity contribution in [1.82, 2.24) is 4.98 Å². The number of para-hydroxylation sites is 1. The molecule has 1 heterocycles. The van der Waals surface area contributed by atoms with Gasteiger partial charge in [-0.15, -0.1) is 0 Å². The number of aromatic nitrogens is 1. The van der Waals surface area contributed by atoms with Crippen LogP contribution in [-0.2, 0) is 30.6 Å². The molecular formula is C20H18F2N2O5S. The molecule has 2 N–H and O–H groups in total. The van der Waals surface area contributed by atoms with Crippen LogP contribution in [0.2, 0.25) is 0 Å². The van der Waals surface area contributed by atoms with Gasteiger partial charge in [0.05, 0.1) is 4.90 Å². The maximum Gasteiger partial charge on any atom is 0.341 e. The van der Waals surface area contributed by atoms with Crippen LogP contribution in [0.25, 0.3) is 10.9 Å². The minimum atomic E-state index is -4.70. The van der Waals surface area contributed by atoms with Crippen molar-refractivity contribution in [2.75, 3.05) is 11.9 Å². The lowest BCUT2D eigenvalue weighted by Crippen LogP contribution is -2.21. The number of carbonyl (C=O) groups is 2. The Hall–Kier alpha value is -3.27. The Balaban J connectivity index is 1.46. The summed E-state index contributed by atoms with van der Waals surface area (Å²) in [5, 5.41) is 3.41. The number of nitrogens with one attached hydrogen (secondary N) is 2. The lowest BCUT2D eigenvalue weighted by molar-refractivity contribution is -0.147. The number of hydrogen-bond acceptors (Lipinski definition) is 5. The highest BCUT2D eigenvalue weighted by Crippen LogP contribution is 2.21. The quantitative estimate of drug-likeness (QED) is 0.527. The number of hydrogen-bond donors (Lipinski definition) is 2. The molecule has 0 atom stereocenters. The third kappa shape index (κ3) is 5.01. The predicted octanol–water partition coefficient (Wildman–Crippen LogP) is 3.28. The van der Waals surface area contributed by atoms with Gasteiger partial charge in [-0.25, -0.2) is 8.42 Å². The molecule has 2 aromatic carbocycles. The normalized spacial score (nSPS) is 11.6. The first-order valence-corrected chi connectivity index (χ1v) is 10.4. The third-order valence-corrected chi connectivity index (χ3v) is 5.74. The molecule has 3 aromatic rings. The van der Waals surface area contributed by atoms with Crippen molar-refractivity contribution in [3.8, 4) is 0 Å². The first-order valence-electron chi connectivity index (χ1n) is 8.90. The van der Waals surface area contributed by atoms with Crippen LogP contribution in [0.15, 0.2) is 59.6 Å². The molecule has 0 unspecified atom stereocenters. The first kappa shape index (κ1) is 21.4. The zero-order valence-corrected chi connectivity index (χ0v) is 16.4. The van der Waals surface area contributed by atoms with Crippen molar-refractivity contribution in [1.29, 1.82) is 0 Å². The summed E-state index contributed by atoms with van der Waals surface area (Å²) in [5.74, 6) is -4.71. The number of sulfone groups is 1. The van der Waals surface area contributed by atoms with Crippen LogP contribution in [0.5, 0.6) is 0 Å². The maximum absolute atomic E-state index is 12.5. The van der Waals surface area contributed by atoms with Crippen LogP contribution < -0.4 is 5.32 Å². The maximum atomic E-state index is 12.5. The Kier molecular flexibility index (Phi) is 6.46. The average Bonchev–Trinajstić information content (AvgIpc) is 3.14. The molecule has 0 saturated carbocycles. The molecule has 1 aromatic heterocycles. The summed E-state index contributed by atoms with van der Waals surface area (Å²) in [7, 11) is -4.70. The molecule has 0 aliphatic carbocycles. The van der Waals surface area contributed by atoms with Crippen molar-refractivity contribution < 1.29 is 31.5 Å². The van der Waals surface area contributed by atoms with Gasteiger partial charge in [0, 0.05) is 29.2 Å². The standard InChI is InChI=1S/C20H18F2N2O5S/c21-20(22)30(27,28)15-8-6-14(7-9-15)24-18(25)12-29-19(26)10-5-13-11-23-17-4-2-1-3-16(13)17/h1-4,6-9,11,20,23H,5,10,12H2,(H,24,25). The summed E-state index contributed by atoms with van der Waals surface area (Å²) in [5.41, 5.74) is 2.11. The van der Waals surface area contributed by atoms with Gasteiger partial charge in [0.1, 0.15) is 0 Å². The first-order chi connectivity index (χ1) is 14.3. The van der Waals surface area contributed by atoms with Gasteiger partial charge in [0.2, 0.25) is 9.84 Å². The smallest absolute Gasteiger partial charge is 0.341 e. The number of anilines is 1. The number of ether oxygens (including phenoxy) is 1. The van der Waals surface area contributed by atoms with Crippen LogP contribution in [0, 0.1) is 0 Å². The van der Waals surface area contributed by atoms with Gasteiger partial charge < -0.3 is 15.0 Å². The van der Waals surface area contributed by atoms with Gasteiger partial charge in [0.15, 0.2) is 6.61 Å². The van der Waals surface area contributed by atoms with Crippen LogP contribution in [0.4, 0.5) is 14.5 Å². The lowest BCUT2D eigenvalue weighted by atomic mass is 10.1. The highest BCUT2D eigenvalue weighted by atomic mass is 32.2. The average molecular weight is 436 g/mol. The fourth-order valence-corrected chi connectivity index (χ4v) is 3.54.